The summed E-state index contributed by atoms with van der Waals surface area (Å²) in [7, 11) is 0. The number of imide groups is 1. The molecule has 0 spiro atoms. The Morgan fingerprint density at radius 3 is 2.46 bits per heavy atom. The minimum Gasteiger partial charge on any atom is -0.494 e. The second kappa shape index (κ2) is 11.6. The lowest BCUT2D eigenvalue weighted by atomic mass is 10.1. The van der Waals surface area contributed by atoms with Crippen LogP contribution in [0.15, 0.2) is 72.8 Å². The van der Waals surface area contributed by atoms with Crippen LogP contribution in [0.3, 0.4) is 0 Å². The highest BCUT2D eigenvalue weighted by Crippen LogP contribution is 2.28. The molecule has 37 heavy (non-hydrogen) atoms. The maximum atomic E-state index is 14.2. The number of nitrogens with one attached hydrogen (secondary N) is 1. The van der Waals surface area contributed by atoms with Crippen molar-refractivity contribution >= 4 is 29.2 Å². The fourth-order valence-corrected chi connectivity index (χ4v) is 4.12. The molecule has 9 heteroatoms. The number of ether oxygens (including phenoxy) is 1. The highest BCUT2D eigenvalue weighted by molar-refractivity contribution is 6.22. The van der Waals surface area contributed by atoms with Crippen molar-refractivity contribution < 1.29 is 27.9 Å². The number of nitrogens with zero attached hydrogens (tertiary/aromatic N) is 2. The SMILES string of the molecule is CCCOc1ccc(NC(=O)C[C@H]2C(=O)N(c3cccc(F)c3)C(=O)N2CCc2ccccc2F)cc1. The van der Waals surface area contributed by atoms with Gasteiger partial charge in [-0.3, -0.25) is 9.59 Å². The molecule has 3 aromatic rings. The number of anilines is 2. The van der Waals surface area contributed by atoms with Gasteiger partial charge in [0.2, 0.25) is 5.91 Å². The second-order valence-corrected chi connectivity index (χ2v) is 8.61. The van der Waals surface area contributed by atoms with Crippen LogP contribution in [0.25, 0.3) is 0 Å². The van der Waals surface area contributed by atoms with Gasteiger partial charge in [0.25, 0.3) is 5.91 Å². The predicted octanol–water partition coefficient (Wildman–Crippen LogP) is 5.16. The van der Waals surface area contributed by atoms with E-state index in [-0.39, 0.29) is 25.1 Å². The average Bonchev–Trinajstić information content (AvgIpc) is 3.11. The fraction of sp³-hybridized carbons (Fsp3) is 0.250. The molecule has 1 atom stereocenters. The third-order valence-electron chi connectivity index (χ3n) is 5.95. The molecule has 192 valence electrons. The summed E-state index contributed by atoms with van der Waals surface area (Å²) in [6, 6.07) is 16.2. The van der Waals surface area contributed by atoms with E-state index in [0.29, 0.717) is 23.6 Å². The standard InChI is InChI=1S/C28H27F2N3O4/c1-2-16-37-23-12-10-21(11-13-23)31-26(34)18-25-27(35)33(22-8-5-7-20(29)17-22)28(36)32(25)15-14-19-6-3-4-9-24(19)30/h3-13,17,25H,2,14-16,18H2,1H3,(H,31,34)/t25-/m0/s1. The molecule has 7 nitrogen and oxygen atoms in total. The topological polar surface area (TPSA) is 79.0 Å². The van der Waals surface area contributed by atoms with Crippen molar-refractivity contribution in [1.82, 2.24) is 4.90 Å². The summed E-state index contributed by atoms with van der Waals surface area (Å²) in [5, 5.41) is 2.73. The quantitative estimate of drug-likeness (QED) is 0.385. The minimum atomic E-state index is -1.13. The van der Waals surface area contributed by atoms with E-state index >= 15 is 0 Å². The van der Waals surface area contributed by atoms with Gasteiger partial charge in [-0.25, -0.2) is 18.5 Å². The summed E-state index contributed by atoms with van der Waals surface area (Å²) in [6.45, 7) is 2.57. The van der Waals surface area contributed by atoms with Gasteiger partial charge in [0.15, 0.2) is 0 Å². The number of hydrogen-bond donors (Lipinski definition) is 1. The van der Waals surface area contributed by atoms with Gasteiger partial charge < -0.3 is 15.0 Å². The van der Waals surface area contributed by atoms with Crippen LogP contribution < -0.4 is 15.0 Å². The highest BCUT2D eigenvalue weighted by Gasteiger charge is 2.46. The summed E-state index contributed by atoms with van der Waals surface area (Å²) in [5.41, 5.74) is 0.947. The van der Waals surface area contributed by atoms with Crippen molar-refractivity contribution in [2.45, 2.75) is 32.2 Å². The Hall–Kier alpha value is -4.27. The zero-order valence-corrected chi connectivity index (χ0v) is 20.3. The zero-order chi connectivity index (χ0) is 26.4. The molecular formula is C28H27F2N3O4. The molecule has 4 amide bonds. The molecule has 0 saturated carbocycles. The van der Waals surface area contributed by atoms with Gasteiger partial charge >= 0.3 is 6.03 Å². The van der Waals surface area contributed by atoms with Crippen LogP contribution in [0.1, 0.15) is 25.3 Å². The van der Waals surface area contributed by atoms with Gasteiger partial charge in [0.1, 0.15) is 23.4 Å². The third kappa shape index (κ3) is 6.11. The molecule has 1 heterocycles. The Balaban J connectivity index is 1.52. The molecule has 4 rings (SSSR count). The van der Waals surface area contributed by atoms with Gasteiger partial charge in [0.05, 0.1) is 18.7 Å². The van der Waals surface area contributed by atoms with Crippen LogP contribution in [0.4, 0.5) is 25.0 Å². The molecule has 1 N–H and O–H groups in total. The maximum absolute atomic E-state index is 14.2. The normalized spacial score (nSPS) is 15.3. The summed E-state index contributed by atoms with van der Waals surface area (Å²) >= 11 is 0. The molecule has 1 saturated heterocycles. The first-order valence-corrected chi connectivity index (χ1v) is 12.0. The molecule has 1 fully saturated rings. The van der Waals surface area contributed by atoms with Crippen LogP contribution >= 0.6 is 0 Å². The third-order valence-corrected chi connectivity index (χ3v) is 5.95. The molecular weight excluding hydrogens is 480 g/mol. The number of benzene rings is 3. The second-order valence-electron chi connectivity index (χ2n) is 8.61. The minimum absolute atomic E-state index is 0.00126. The maximum Gasteiger partial charge on any atom is 0.332 e. The monoisotopic (exact) mass is 507 g/mol. The van der Waals surface area contributed by atoms with E-state index in [1.165, 1.54) is 29.2 Å². The van der Waals surface area contributed by atoms with Crippen molar-refractivity contribution in [1.29, 1.82) is 0 Å². The number of hydrogen-bond acceptors (Lipinski definition) is 4. The molecule has 0 aliphatic carbocycles. The van der Waals surface area contributed by atoms with Gasteiger partial charge in [-0.2, -0.15) is 0 Å². The van der Waals surface area contributed by atoms with E-state index in [2.05, 4.69) is 5.32 Å². The van der Waals surface area contributed by atoms with Crippen molar-refractivity contribution in [3.63, 3.8) is 0 Å². The molecule has 0 radical (unpaired) electrons. The van der Waals surface area contributed by atoms with Gasteiger partial charge in [0, 0.05) is 12.2 Å². The molecule has 3 aromatic carbocycles. The number of halogens is 2. The van der Waals surface area contributed by atoms with E-state index < -0.39 is 35.5 Å². The zero-order valence-electron chi connectivity index (χ0n) is 20.3. The number of carbonyl (C=O) groups is 3. The Labute approximate surface area is 213 Å². The van der Waals surface area contributed by atoms with E-state index in [1.807, 2.05) is 6.92 Å². The number of urea groups is 1. The smallest absolute Gasteiger partial charge is 0.332 e. The lowest BCUT2D eigenvalue weighted by Crippen LogP contribution is -2.39. The summed E-state index contributed by atoms with van der Waals surface area (Å²) in [6.07, 6.45) is 0.689. The Bertz CT molecular complexity index is 1280. The van der Waals surface area contributed by atoms with Crippen LogP contribution in [0.2, 0.25) is 0 Å². The van der Waals surface area contributed by atoms with Crippen LogP contribution in [0.5, 0.6) is 5.75 Å². The van der Waals surface area contributed by atoms with Crippen LogP contribution in [-0.2, 0) is 16.0 Å². The number of carbonyl (C=O) groups excluding carboxylic acids is 3. The molecule has 0 bridgehead atoms. The summed E-state index contributed by atoms with van der Waals surface area (Å²) in [5.74, 6) is -1.50. The van der Waals surface area contributed by atoms with Crippen molar-refractivity contribution in [2.75, 3.05) is 23.4 Å². The Morgan fingerprint density at radius 2 is 1.76 bits per heavy atom. The average molecular weight is 508 g/mol. The van der Waals surface area contributed by atoms with E-state index in [1.54, 1.807) is 42.5 Å². The van der Waals surface area contributed by atoms with E-state index in [4.69, 9.17) is 4.74 Å². The Kier molecular flexibility index (Phi) is 8.12. The lowest BCUT2D eigenvalue weighted by molar-refractivity contribution is -0.124. The molecule has 1 aliphatic rings. The first-order valence-electron chi connectivity index (χ1n) is 12.0. The molecule has 0 unspecified atom stereocenters. The first-order chi connectivity index (χ1) is 17.9. The summed E-state index contributed by atoms with van der Waals surface area (Å²) in [4.78, 5) is 41.6. The van der Waals surface area contributed by atoms with Gasteiger partial charge in [-0.05, 0) is 66.9 Å². The highest BCUT2D eigenvalue weighted by atomic mass is 19.1. The molecule has 0 aromatic heterocycles. The Morgan fingerprint density at radius 1 is 1.00 bits per heavy atom. The lowest BCUT2D eigenvalue weighted by Gasteiger charge is -2.21. The van der Waals surface area contributed by atoms with Crippen molar-refractivity contribution in [2.24, 2.45) is 0 Å². The van der Waals surface area contributed by atoms with Crippen LogP contribution in [0, 0.1) is 11.6 Å². The fourth-order valence-electron chi connectivity index (χ4n) is 4.12. The van der Waals surface area contributed by atoms with Gasteiger partial charge in [-0.15, -0.1) is 0 Å². The van der Waals surface area contributed by atoms with Crippen molar-refractivity contribution in [3.05, 3.63) is 90.0 Å². The predicted molar refractivity (Wildman–Crippen MR) is 135 cm³/mol. The first kappa shape index (κ1) is 25.8. The van der Waals surface area contributed by atoms with E-state index in [0.717, 1.165) is 17.4 Å². The van der Waals surface area contributed by atoms with Crippen LogP contribution in [-0.4, -0.2) is 41.9 Å². The van der Waals surface area contributed by atoms with Gasteiger partial charge in [-0.1, -0.05) is 31.2 Å². The van der Waals surface area contributed by atoms with Crippen molar-refractivity contribution in [3.8, 4) is 5.75 Å². The summed E-state index contributed by atoms with van der Waals surface area (Å²) < 4.78 is 33.6. The largest absolute Gasteiger partial charge is 0.494 e. The molecule has 1 aliphatic heterocycles. The number of rotatable bonds is 10. The number of amides is 4. The van der Waals surface area contributed by atoms with E-state index in [9.17, 15) is 23.2 Å².